The minimum atomic E-state index is 0.283. The van der Waals surface area contributed by atoms with E-state index in [1.54, 1.807) is 0 Å². The van der Waals surface area contributed by atoms with E-state index >= 15 is 0 Å². The van der Waals surface area contributed by atoms with Crippen molar-refractivity contribution in [2.45, 2.75) is 45.6 Å². The van der Waals surface area contributed by atoms with Crippen LogP contribution in [0.5, 0.6) is 0 Å². The lowest BCUT2D eigenvalue weighted by Crippen LogP contribution is -2.51. The fourth-order valence-electron chi connectivity index (χ4n) is 3.60. The largest absolute Gasteiger partial charge is 0.339 e. The van der Waals surface area contributed by atoms with E-state index in [9.17, 15) is 4.79 Å². The summed E-state index contributed by atoms with van der Waals surface area (Å²) in [6.07, 6.45) is 5.22. The quantitative estimate of drug-likeness (QED) is 0.849. The summed E-state index contributed by atoms with van der Waals surface area (Å²) < 4.78 is 0. The molecule has 1 N–H and O–H groups in total. The molecule has 2 aliphatic rings. The topological polar surface area (TPSA) is 35.6 Å². The second kappa shape index (κ2) is 7.41. The van der Waals surface area contributed by atoms with Crippen LogP contribution in [-0.2, 0) is 4.79 Å². The standard InChI is InChI=1S/C16H31N3O/c1-13(2)14-6-4-5-7-15(14)17-12-16(20)19-10-8-18(3)9-11-19/h13-15,17H,4-12H2,1-3H3. The van der Waals surface area contributed by atoms with Gasteiger partial charge in [0.25, 0.3) is 0 Å². The van der Waals surface area contributed by atoms with Crippen LogP contribution in [0.3, 0.4) is 0 Å². The van der Waals surface area contributed by atoms with Crippen molar-refractivity contribution in [3.63, 3.8) is 0 Å². The van der Waals surface area contributed by atoms with Gasteiger partial charge >= 0.3 is 0 Å². The van der Waals surface area contributed by atoms with Crippen LogP contribution >= 0.6 is 0 Å². The number of likely N-dealkylation sites (N-methyl/N-ethyl adjacent to an activating group) is 1. The molecule has 20 heavy (non-hydrogen) atoms. The number of carbonyl (C=O) groups is 1. The van der Waals surface area contributed by atoms with E-state index in [-0.39, 0.29) is 5.91 Å². The fraction of sp³-hybridized carbons (Fsp3) is 0.938. The first-order valence-corrected chi connectivity index (χ1v) is 8.27. The average molecular weight is 281 g/mol. The van der Waals surface area contributed by atoms with Gasteiger partial charge in [-0.25, -0.2) is 0 Å². The number of amides is 1. The van der Waals surface area contributed by atoms with Gasteiger partial charge in [0, 0.05) is 32.2 Å². The first-order chi connectivity index (χ1) is 9.58. The third-order valence-corrected chi connectivity index (χ3v) is 5.05. The molecule has 1 aliphatic carbocycles. The van der Waals surface area contributed by atoms with Crippen LogP contribution in [0.2, 0.25) is 0 Å². The van der Waals surface area contributed by atoms with Crippen LogP contribution in [0.15, 0.2) is 0 Å². The summed E-state index contributed by atoms with van der Waals surface area (Å²) in [6.45, 7) is 8.93. The number of hydrogen-bond acceptors (Lipinski definition) is 3. The zero-order valence-corrected chi connectivity index (χ0v) is 13.4. The lowest BCUT2D eigenvalue weighted by Gasteiger charge is -2.36. The second-order valence-corrected chi connectivity index (χ2v) is 6.86. The normalized spacial score (nSPS) is 28.9. The fourth-order valence-corrected chi connectivity index (χ4v) is 3.60. The number of nitrogens with zero attached hydrogens (tertiary/aromatic N) is 2. The SMILES string of the molecule is CC(C)C1CCCCC1NCC(=O)N1CCN(C)CC1. The van der Waals surface area contributed by atoms with Crippen molar-refractivity contribution in [3.8, 4) is 0 Å². The zero-order chi connectivity index (χ0) is 14.5. The van der Waals surface area contributed by atoms with Crippen LogP contribution in [0.4, 0.5) is 0 Å². The Balaban J connectivity index is 1.77. The van der Waals surface area contributed by atoms with Crippen molar-refractivity contribution in [2.24, 2.45) is 11.8 Å². The molecule has 2 atom stereocenters. The molecule has 4 heteroatoms. The Labute approximate surface area is 123 Å². The molecular weight excluding hydrogens is 250 g/mol. The molecule has 0 aromatic heterocycles. The molecule has 1 amide bonds. The molecule has 0 radical (unpaired) electrons. The van der Waals surface area contributed by atoms with Crippen LogP contribution < -0.4 is 5.32 Å². The summed E-state index contributed by atoms with van der Waals surface area (Å²) in [5.74, 6) is 1.74. The minimum absolute atomic E-state index is 0.283. The summed E-state index contributed by atoms with van der Waals surface area (Å²) in [7, 11) is 2.12. The maximum atomic E-state index is 12.3. The van der Waals surface area contributed by atoms with E-state index in [0.29, 0.717) is 18.5 Å². The first kappa shape index (κ1) is 15.8. The van der Waals surface area contributed by atoms with Gasteiger partial charge in [-0.1, -0.05) is 26.7 Å². The summed E-state index contributed by atoms with van der Waals surface area (Å²) in [5, 5.41) is 3.56. The van der Waals surface area contributed by atoms with Gasteiger partial charge in [-0.05, 0) is 31.7 Å². The molecule has 1 heterocycles. The van der Waals surface area contributed by atoms with Crippen molar-refractivity contribution in [3.05, 3.63) is 0 Å². The van der Waals surface area contributed by atoms with Crippen LogP contribution in [0, 0.1) is 11.8 Å². The predicted octanol–water partition coefficient (Wildman–Crippen LogP) is 1.56. The summed E-state index contributed by atoms with van der Waals surface area (Å²) >= 11 is 0. The summed E-state index contributed by atoms with van der Waals surface area (Å²) in [4.78, 5) is 16.6. The van der Waals surface area contributed by atoms with E-state index in [2.05, 4.69) is 31.1 Å². The Kier molecular flexibility index (Phi) is 5.85. The monoisotopic (exact) mass is 281 g/mol. The molecule has 2 unspecified atom stereocenters. The van der Waals surface area contributed by atoms with Gasteiger partial charge in [0.2, 0.25) is 5.91 Å². The van der Waals surface area contributed by atoms with Crippen molar-refractivity contribution >= 4 is 5.91 Å². The number of hydrogen-bond donors (Lipinski definition) is 1. The number of piperazine rings is 1. The molecule has 1 saturated carbocycles. The highest BCUT2D eigenvalue weighted by Gasteiger charge is 2.28. The lowest BCUT2D eigenvalue weighted by molar-refractivity contribution is -0.132. The first-order valence-electron chi connectivity index (χ1n) is 8.27. The molecule has 2 rings (SSSR count). The molecule has 0 bridgehead atoms. The summed E-state index contributed by atoms with van der Waals surface area (Å²) in [6, 6.07) is 0.542. The average Bonchev–Trinajstić information content (AvgIpc) is 2.45. The zero-order valence-electron chi connectivity index (χ0n) is 13.4. The second-order valence-electron chi connectivity index (χ2n) is 6.86. The Morgan fingerprint density at radius 1 is 1.15 bits per heavy atom. The predicted molar refractivity (Wildman–Crippen MR) is 82.7 cm³/mol. The van der Waals surface area contributed by atoms with Gasteiger partial charge in [-0.15, -0.1) is 0 Å². The lowest BCUT2D eigenvalue weighted by atomic mass is 9.78. The van der Waals surface area contributed by atoms with E-state index in [4.69, 9.17) is 0 Å². The maximum Gasteiger partial charge on any atom is 0.236 e. The van der Waals surface area contributed by atoms with Crippen LogP contribution in [0.1, 0.15) is 39.5 Å². The van der Waals surface area contributed by atoms with Crippen molar-refractivity contribution in [1.29, 1.82) is 0 Å². The van der Waals surface area contributed by atoms with Gasteiger partial charge in [-0.3, -0.25) is 4.79 Å². The third kappa shape index (κ3) is 4.19. The molecule has 0 aromatic carbocycles. The van der Waals surface area contributed by atoms with E-state index in [1.165, 1.54) is 25.7 Å². The van der Waals surface area contributed by atoms with Crippen LogP contribution in [-0.4, -0.2) is 61.5 Å². The Morgan fingerprint density at radius 3 is 2.45 bits per heavy atom. The van der Waals surface area contributed by atoms with Crippen molar-refractivity contribution in [1.82, 2.24) is 15.1 Å². The van der Waals surface area contributed by atoms with Gasteiger partial charge in [0.15, 0.2) is 0 Å². The highest BCUT2D eigenvalue weighted by Crippen LogP contribution is 2.30. The van der Waals surface area contributed by atoms with Gasteiger partial charge < -0.3 is 15.1 Å². The Morgan fingerprint density at radius 2 is 1.80 bits per heavy atom. The Bertz CT molecular complexity index is 311. The molecule has 0 spiro atoms. The third-order valence-electron chi connectivity index (χ3n) is 5.05. The van der Waals surface area contributed by atoms with Gasteiger partial charge in [0.1, 0.15) is 0 Å². The smallest absolute Gasteiger partial charge is 0.236 e. The van der Waals surface area contributed by atoms with E-state index in [0.717, 1.165) is 32.1 Å². The molecule has 4 nitrogen and oxygen atoms in total. The van der Waals surface area contributed by atoms with Gasteiger partial charge in [-0.2, -0.15) is 0 Å². The molecule has 0 aromatic rings. The van der Waals surface area contributed by atoms with Crippen molar-refractivity contribution < 1.29 is 4.79 Å². The highest BCUT2D eigenvalue weighted by molar-refractivity contribution is 5.78. The molecule has 2 fully saturated rings. The van der Waals surface area contributed by atoms with Crippen LogP contribution in [0.25, 0.3) is 0 Å². The number of nitrogens with one attached hydrogen (secondary N) is 1. The molecular formula is C16H31N3O. The Hall–Kier alpha value is -0.610. The van der Waals surface area contributed by atoms with E-state index in [1.807, 2.05) is 4.90 Å². The van der Waals surface area contributed by atoms with Gasteiger partial charge in [0.05, 0.1) is 6.54 Å². The molecule has 1 aliphatic heterocycles. The highest BCUT2D eigenvalue weighted by atomic mass is 16.2. The maximum absolute atomic E-state index is 12.3. The number of rotatable bonds is 4. The van der Waals surface area contributed by atoms with Crippen molar-refractivity contribution in [2.75, 3.05) is 39.8 Å². The number of carbonyl (C=O) groups excluding carboxylic acids is 1. The van der Waals surface area contributed by atoms with E-state index < -0.39 is 0 Å². The summed E-state index contributed by atoms with van der Waals surface area (Å²) in [5.41, 5.74) is 0. The minimum Gasteiger partial charge on any atom is -0.339 e. The molecule has 1 saturated heterocycles. The molecule has 116 valence electrons.